The maximum absolute atomic E-state index is 12.3. The largest absolute Gasteiger partial charge is 0.448 e. The van der Waals surface area contributed by atoms with E-state index in [1.54, 1.807) is 11.5 Å². The molecule has 0 saturated heterocycles. The number of H-pyrrole nitrogens is 1. The lowest BCUT2D eigenvalue weighted by Crippen LogP contribution is -2.30. The second-order valence-electron chi connectivity index (χ2n) is 5.07. The zero-order valence-corrected chi connectivity index (χ0v) is 14.5. The fourth-order valence-electron chi connectivity index (χ4n) is 1.96. The summed E-state index contributed by atoms with van der Waals surface area (Å²) in [7, 11) is 0. The van der Waals surface area contributed by atoms with E-state index in [0.29, 0.717) is 22.8 Å². The number of ether oxygens (including phenoxy) is 1. The molecule has 0 aliphatic rings. The number of carbonyl (C=O) groups is 2. The fourth-order valence-corrected chi connectivity index (χ4v) is 2.65. The third-order valence-corrected chi connectivity index (χ3v) is 4.03. The molecule has 0 aliphatic carbocycles. The molecule has 0 spiro atoms. The summed E-state index contributed by atoms with van der Waals surface area (Å²) < 4.78 is 5.16. The van der Waals surface area contributed by atoms with Gasteiger partial charge < -0.3 is 20.4 Å². The Bertz CT molecular complexity index is 952. The smallest absolute Gasteiger partial charge is 0.358 e. The minimum atomic E-state index is -1.04. The number of thiazole rings is 1. The van der Waals surface area contributed by atoms with Crippen LogP contribution >= 0.6 is 11.3 Å². The van der Waals surface area contributed by atoms with Gasteiger partial charge in [0.15, 0.2) is 28.4 Å². The first-order valence-electron chi connectivity index (χ1n) is 7.54. The van der Waals surface area contributed by atoms with Gasteiger partial charge in [0.2, 0.25) is 0 Å². The number of fused-ring (bicyclic) bond motifs is 1. The Morgan fingerprint density at radius 3 is 3.08 bits per heavy atom. The molecule has 0 unspecified atom stereocenters. The van der Waals surface area contributed by atoms with Crippen LogP contribution in [0.25, 0.3) is 11.2 Å². The molecule has 0 bridgehead atoms. The number of hydrogen-bond acceptors (Lipinski definition) is 9. The molecule has 26 heavy (non-hydrogen) atoms. The van der Waals surface area contributed by atoms with Crippen LogP contribution in [0.4, 0.5) is 10.9 Å². The molecule has 1 atom stereocenters. The maximum Gasteiger partial charge on any atom is 0.358 e. The molecule has 134 valence electrons. The topological polar surface area (TPSA) is 135 Å². The number of nitrogens with zero attached hydrogens (tertiary/aromatic N) is 4. The van der Waals surface area contributed by atoms with Crippen molar-refractivity contribution in [2.75, 3.05) is 17.2 Å². The highest BCUT2D eigenvalue weighted by Crippen LogP contribution is 2.17. The molecule has 3 aromatic heterocycles. The SMILES string of the molecule is C=CCNc1nc(C(=O)O[C@H](C)C(=O)Nc2ncnc3nc[nH]c23)cs1. The van der Waals surface area contributed by atoms with E-state index in [2.05, 4.69) is 42.1 Å². The van der Waals surface area contributed by atoms with Crippen LogP contribution in [0, 0.1) is 0 Å². The summed E-state index contributed by atoms with van der Waals surface area (Å²) in [6, 6.07) is 0. The zero-order valence-electron chi connectivity index (χ0n) is 13.7. The van der Waals surface area contributed by atoms with Crippen LogP contribution in [0.1, 0.15) is 17.4 Å². The molecular formula is C15H15N7O3S. The van der Waals surface area contributed by atoms with Gasteiger partial charge in [0.1, 0.15) is 11.8 Å². The molecule has 10 nitrogen and oxygen atoms in total. The number of aromatic amines is 1. The molecule has 1 amide bonds. The number of aromatic nitrogens is 5. The van der Waals surface area contributed by atoms with Crippen molar-refractivity contribution < 1.29 is 14.3 Å². The Labute approximate surface area is 151 Å². The van der Waals surface area contributed by atoms with Gasteiger partial charge >= 0.3 is 5.97 Å². The molecule has 3 N–H and O–H groups in total. The number of carbonyl (C=O) groups excluding carboxylic acids is 2. The van der Waals surface area contributed by atoms with E-state index in [0.717, 1.165) is 0 Å². The van der Waals surface area contributed by atoms with Crippen molar-refractivity contribution >= 4 is 45.3 Å². The summed E-state index contributed by atoms with van der Waals surface area (Å²) in [5.41, 5.74) is 1.03. The summed E-state index contributed by atoms with van der Waals surface area (Å²) in [6.07, 6.45) is 3.36. The van der Waals surface area contributed by atoms with Gasteiger partial charge in [0, 0.05) is 11.9 Å². The first-order chi connectivity index (χ1) is 12.6. The molecule has 3 aromatic rings. The van der Waals surface area contributed by atoms with Crippen molar-refractivity contribution in [3.05, 3.63) is 36.4 Å². The lowest BCUT2D eigenvalue weighted by Gasteiger charge is -2.12. The number of rotatable bonds is 7. The first kappa shape index (κ1) is 17.5. The Hall–Kier alpha value is -3.34. The van der Waals surface area contributed by atoms with Crippen molar-refractivity contribution in [2.24, 2.45) is 0 Å². The lowest BCUT2D eigenvalue weighted by molar-refractivity contribution is -0.123. The number of esters is 1. The van der Waals surface area contributed by atoms with Gasteiger partial charge in [0.05, 0.1) is 6.33 Å². The second kappa shape index (κ2) is 7.70. The molecule has 11 heteroatoms. The van der Waals surface area contributed by atoms with Crippen molar-refractivity contribution in [3.8, 4) is 0 Å². The number of nitrogens with one attached hydrogen (secondary N) is 3. The second-order valence-corrected chi connectivity index (χ2v) is 5.93. The molecule has 3 rings (SSSR count). The van der Waals surface area contributed by atoms with Crippen LogP contribution in [0.5, 0.6) is 0 Å². The normalized spacial score (nSPS) is 11.7. The molecule has 0 aromatic carbocycles. The highest BCUT2D eigenvalue weighted by molar-refractivity contribution is 7.13. The van der Waals surface area contributed by atoms with Crippen molar-refractivity contribution in [2.45, 2.75) is 13.0 Å². The number of hydrogen-bond donors (Lipinski definition) is 3. The predicted octanol–water partition coefficient (Wildman–Crippen LogP) is 1.59. The van der Waals surface area contributed by atoms with Gasteiger partial charge in [-0.2, -0.15) is 0 Å². The van der Waals surface area contributed by atoms with Gasteiger partial charge in [-0.25, -0.2) is 24.7 Å². The van der Waals surface area contributed by atoms with Crippen LogP contribution < -0.4 is 10.6 Å². The third-order valence-electron chi connectivity index (χ3n) is 3.23. The van der Waals surface area contributed by atoms with Gasteiger partial charge in [-0.1, -0.05) is 6.08 Å². The van der Waals surface area contributed by atoms with Crippen LogP contribution in [-0.4, -0.2) is 49.4 Å². The van der Waals surface area contributed by atoms with Gasteiger partial charge in [-0.05, 0) is 6.92 Å². The summed E-state index contributed by atoms with van der Waals surface area (Å²) >= 11 is 1.26. The van der Waals surface area contributed by atoms with Crippen LogP contribution in [-0.2, 0) is 9.53 Å². The molecule has 0 fully saturated rings. The van der Waals surface area contributed by atoms with Crippen LogP contribution in [0.3, 0.4) is 0 Å². The van der Waals surface area contributed by atoms with E-state index < -0.39 is 18.0 Å². The van der Waals surface area contributed by atoms with E-state index >= 15 is 0 Å². The number of imidazole rings is 1. The van der Waals surface area contributed by atoms with Crippen LogP contribution in [0.2, 0.25) is 0 Å². The lowest BCUT2D eigenvalue weighted by atomic mass is 10.3. The average Bonchev–Trinajstić information content (AvgIpc) is 3.29. The first-order valence-corrected chi connectivity index (χ1v) is 8.42. The van der Waals surface area contributed by atoms with E-state index in [-0.39, 0.29) is 11.5 Å². The Morgan fingerprint density at radius 2 is 2.27 bits per heavy atom. The van der Waals surface area contributed by atoms with Gasteiger partial charge in [-0.15, -0.1) is 17.9 Å². The highest BCUT2D eigenvalue weighted by atomic mass is 32.1. The number of amides is 1. The fraction of sp³-hybridized carbons (Fsp3) is 0.200. The molecule has 0 radical (unpaired) electrons. The van der Waals surface area contributed by atoms with E-state index in [1.807, 2.05) is 0 Å². The molecular weight excluding hydrogens is 358 g/mol. The minimum absolute atomic E-state index is 0.124. The van der Waals surface area contributed by atoms with Crippen LogP contribution in [0.15, 0.2) is 30.7 Å². The standard InChI is InChI=1S/C15H15N7O3S/c1-3-4-16-15-21-9(5-26-15)14(24)25-8(2)13(23)22-12-10-11(18-6-17-10)19-7-20-12/h3,5-8H,1,4H2,2H3,(H,16,21)(H2,17,18,19,20,22,23)/t8-/m1/s1. The summed E-state index contributed by atoms with van der Waals surface area (Å²) in [4.78, 5) is 43.3. The van der Waals surface area contributed by atoms with Gasteiger partial charge in [-0.3, -0.25) is 4.79 Å². The summed E-state index contributed by atoms with van der Waals surface area (Å²) in [5, 5.41) is 7.67. The highest BCUT2D eigenvalue weighted by Gasteiger charge is 2.22. The van der Waals surface area contributed by atoms with E-state index in [9.17, 15) is 9.59 Å². The molecule has 3 heterocycles. The van der Waals surface area contributed by atoms with Gasteiger partial charge in [0.25, 0.3) is 5.91 Å². The monoisotopic (exact) mass is 373 g/mol. The third kappa shape index (κ3) is 3.83. The summed E-state index contributed by atoms with van der Waals surface area (Å²) in [6.45, 7) is 5.58. The maximum atomic E-state index is 12.3. The average molecular weight is 373 g/mol. The minimum Gasteiger partial charge on any atom is -0.448 e. The summed E-state index contributed by atoms with van der Waals surface area (Å²) in [5.74, 6) is -0.969. The Morgan fingerprint density at radius 1 is 1.42 bits per heavy atom. The van der Waals surface area contributed by atoms with Crippen molar-refractivity contribution in [1.82, 2.24) is 24.9 Å². The predicted molar refractivity (Wildman–Crippen MR) is 96.0 cm³/mol. The van der Waals surface area contributed by atoms with E-state index in [4.69, 9.17) is 4.74 Å². The van der Waals surface area contributed by atoms with E-state index in [1.165, 1.54) is 30.9 Å². The Kier molecular flexibility index (Phi) is 5.17. The number of anilines is 2. The quantitative estimate of drug-likeness (QED) is 0.420. The van der Waals surface area contributed by atoms with Crippen molar-refractivity contribution in [3.63, 3.8) is 0 Å². The molecule has 0 aliphatic heterocycles. The molecule has 0 saturated carbocycles. The Balaban J connectivity index is 1.61. The zero-order chi connectivity index (χ0) is 18.5. The van der Waals surface area contributed by atoms with Crippen molar-refractivity contribution in [1.29, 1.82) is 0 Å².